The number of benzene rings is 1. The summed E-state index contributed by atoms with van der Waals surface area (Å²) in [4.78, 5) is 23.8. The fourth-order valence-electron chi connectivity index (χ4n) is 4.02. The Hall–Kier alpha value is -3.04. The Morgan fingerprint density at radius 3 is 2.68 bits per heavy atom. The molecule has 0 saturated carbocycles. The number of aryl methyl sites for hydroxylation is 2. The van der Waals surface area contributed by atoms with E-state index in [1.54, 1.807) is 11.6 Å². The number of amides is 1. The Labute approximate surface area is 181 Å². The van der Waals surface area contributed by atoms with Crippen LogP contribution in [0.5, 0.6) is 5.75 Å². The van der Waals surface area contributed by atoms with Gasteiger partial charge in [-0.25, -0.2) is 9.50 Å². The third-order valence-electron chi connectivity index (χ3n) is 5.81. The van der Waals surface area contributed by atoms with Gasteiger partial charge in [0.15, 0.2) is 0 Å². The number of aromatic nitrogens is 4. The van der Waals surface area contributed by atoms with Crippen LogP contribution in [0.3, 0.4) is 0 Å². The van der Waals surface area contributed by atoms with E-state index in [1.165, 1.54) is 6.33 Å². The first-order chi connectivity index (χ1) is 15.1. The van der Waals surface area contributed by atoms with E-state index in [9.17, 15) is 4.79 Å². The van der Waals surface area contributed by atoms with Crippen LogP contribution in [0.2, 0.25) is 0 Å². The van der Waals surface area contributed by atoms with Crippen LogP contribution < -0.4 is 10.1 Å². The number of carbonyl (C=O) groups excluding carboxylic acids is 1. The van der Waals surface area contributed by atoms with Crippen LogP contribution in [-0.2, 0) is 16.0 Å². The smallest absolute Gasteiger partial charge is 0.252 e. The quantitative estimate of drug-likeness (QED) is 0.614. The van der Waals surface area contributed by atoms with E-state index in [0.717, 1.165) is 41.4 Å². The van der Waals surface area contributed by atoms with E-state index in [0.29, 0.717) is 25.5 Å². The van der Waals surface area contributed by atoms with Crippen LogP contribution in [0.1, 0.15) is 28.6 Å². The van der Waals surface area contributed by atoms with Crippen LogP contribution in [0.4, 0.5) is 0 Å². The van der Waals surface area contributed by atoms with Crippen molar-refractivity contribution in [3.63, 3.8) is 0 Å². The molecule has 31 heavy (non-hydrogen) atoms. The van der Waals surface area contributed by atoms with E-state index in [-0.39, 0.29) is 18.4 Å². The highest BCUT2D eigenvalue weighted by atomic mass is 16.5. The number of nitrogens with one attached hydrogen (secondary N) is 1. The Morgan fingerprint density at radius 2 is 1.97 bits per heavy atom. The zero-order valence-corrected chi connectivity index (χ0v) is 18.2. The molecule has 1 fully saturated rings. The molecule has 9 heteroatoms. The summed E-state index contributed by atoms with van der Waals surface area (Å²) in [5.41, 5.74) is 3.70. The average molecular weight is 425 g/mol. The van der Waals surface area contributed by atoms with Crippen LogP contribution in [-0.4, -0.2) is 70.3 Å². The summed E-state index contributed by atoms with van der Waals surface area (Å²) in [7, 11) is 1.66. The number of carbonyl (C=O) groups is 1. The van der Waals surface area contributed by atoms with Crippen LogP contribution >= 0.6 is 0 Å². The van der Waals surface area contributed by atoms with Gasteiger partial charge in [0.25, 0.3) is 5.78 Å². The molecule has 1 atom stereocenters. The minimum Gasteiger partial charge on any atom is -0.497 e. The molecule has 1 N–H and O–H groups in total. The van der Waals surface area contributed by atoms with E-state index in [4.69, 9.17) is 9.47 Å². The number of nitrogens with zero attached hydrogens (tertiary/aromatic N) is 5. The SMILES string of the molecule is COc1ccc(C(CNC(=O)Cc2c(C)nc3ncnn3c2C)N2CCOCC2)cc1. The van der Waals surface area contributed by atoms with Crippen molar-refractivity contribution in [1.82, 2.24) is 29.8 Å². The monoisotopic (exact) mass is 424 g/mol. The molecular formula is C22H28N6O3. The Balaban J connectivity index is 1.48. The van der Waals surface area contributed by atoms with Gasteiger partial charge in [-0.2, -0.15) is 10.1 Å². The maximum atomic E-state index is 12.9. The number of hydrogen-bond donors (Lipinski definition) is 1. The molecule has 1 saturated heterocycles. The molecule has 164 valence electrons. The van der Waals surface area contributed by atoms with E-state index < -0.39 is 0 Å². The molecule has 3 heterocycles. The van der Waals surface area contributed by atoms with E-state index in [2.05, 4.69) is 37.4 Å². The molecule has 4 rings (SSSR count). The number of fused-ring (bicyclic) bond motifs is 1. The minimum atomic E-state index is -0.0424. The number of morpholine rings is 1. The lowest BCUT2D eigenvalue weighted by Gasteiger charge is -2.35. The second-order valence-corrected chi connectivity index (χ2v) is 7.65. The van der Waals surface area contributed by atoms with Crippen LogP contribution in [0.15, 0.2) is 30.6 Å². The Bertz CT molecular complexity index is 1040. The molecule has 0 spiro atoms. The summed E-state index contributed by atoms with van der Waals surface area (Å²) >= 11 is 0. The van der Waals surface area contributed by atoms with Gasteiger partial charge in [0.1, 0.15) is 12.1 Å². The standard InChI is InChI=1S/C22H28N6O3/c1-15-19(16(2)28-22(26-15)24-14-25-28)12-21(29)23-13-20(27-8-10-31-11-9-27)17-4-6-18(30-3)7-5-17/h4-7,14,20H,8-13H2,1-3H3,(H,23,29). The van der Waals surface area contributed by atoms with Crippen molar-refractivity contribution in [1.29, 1.82) is 0 Å². The summed E-state index contributed by atoms with van der Waals surface area (Å²) in [6.07, 6.45) is 1.72. The van der Waals surface area contributed by atoms with Crippen molar-refractivity contribution in [3.05, 3.63) is 53.1 Å². The van der Waals surface area contributed by atoms with E-state index in [1.807, 2.05) is 26.0 Å². The van der Waals surface area contributed by atoms with Crippen molar-refractivity contribution in [2.24, 2.45) is 0 Å². The number of hydrogen-bond acceptors (Lipinski definition) is 7. The molecule has 1 aliphatic rings. The molecule has 0 bridgehead atoms. The molecule has 1 amide bonds. The van der Waals surface area contributed by atoms with Gasteiger partial charge in [0, 0.05) is 36.6 Å². The Kier molecular flexibility index (Phi) is 6.43. The highest BCUT2D eigenvalue weighted by molar-refractivity contribution is 5.79. The predicted octanol–water partition coefficient (Wildman–Crippen LogP) is 1.48. The second-order valence-electron chi connectivity index (χ2n) is 7.65. The van der Waals surface area contributed by atoms with Gasteiger partial charge in [-0.05, 0) is 31.5 Å². The highest BCUT2D eigenvalue weighted by Crippen LogP contribution is 2.24. The summed E-state index contributed by atoms with van der Waals surface area (Å²) in [6, 6.07) is 8.09. The second kappa shape index (κ2) is 9.40. The van der Waals surface area contributed by atoms with Gasteiger partial charge in [-0.3, -0.25) is 9.69 Å². The molecule has 2 aromatic heterocycles. The van der Waals surface area contributed by atoms with Crippen molar-refractivity contribution in [2.45, 2.75) is 26.3 Å². The number of methoxy groups -OCH3 is 1. The molecule has 1 aliphatic heterocycles. The Morgan fingerprint density at radius 1 is 1.23 bits per heavy atom. The van der Waals surface area contributed by atoms with Crippen LogP contribution in [0.25, 0.3) is 5.78 Å². The zero-order valence-electron chi connectivity index (χ0n) is 18.2. The number of ether oxygens (including phenoxy) is 2. The predicted molar refractivity (Wildman–Crippen MR) is 115 cm³/mol. The molecular weight excluding hydrogens is 396 g/mol. The molecule has 1 aromatic carbocycles. The maximum absolute atomic E-state index is 12.9. The summed E-state index contributed by atoms with van der Waals surface area (Å²) in [5.74, 6) is 1.32. The third kappa shape index (κ3) is 4.67. The number of rotatable bonds is 7. The van der Waals surface area contributed by atoms with Gasteiger partial charge >= 0.3 is 0 Å². The third-order valence-corrected chi connectivity index (χ3v) is 5.81. The lowest BCUT2D eigenvalue weighted by atomic mass is 10.0. The zero-order chi connectivity index (χ0) is 21.8. The van der Waals surface area contributed by atoms with Crippen LogP contribution in [0, 0.1) is 13.8 Å². The lowest BCUT2D eigenvalue weighted by Crippen LogP contribution is -2.44. The molecule has 0 radical (unpaired) electrons. The summed E-state index contributed by atoms with van der Waals surface area (Å²) in [5, 5.41) is 7.33. The van der Waals surface area contributed by atoms with Gasteiger partial charge in [0.2, 0.25) is 5.91 Å². The first-order valence-electron chi connectivity index (χ1n) is 10.4. The minimum absolute atomic E-state index is 0.0424. The largest absolute Gasteiger partial charge is 0.497 e. The molecule has 3 aromatic rings. The normalized spacial score (nSPS) is 15.7. The summed E-state index contributed by atoms with van der Waals surface area (Å²) < 4.78 is 12.5. The average Bonchev–Trinajstić information content (AvgIpc) is 3.26. The van der Waals surface area contributed by atoms with Crippen molar-refractivity contribution < 1.29 is 14.3 Å². The molecule has 9 nitrogen and oxygen atoms in total. The maximum Gasteiger partial charge on any atom is 0.252 e. The fraction of sp³-hybridized carbons (Fsp3) is 0.455. The van der Waals surface area contributed by atoms with Gasteiger partial charge in [0.05, 0.1) is 32.8 Å². The first-order valence-corrected chi connectivity index (χ1v) is 10.4. The fourth-order valence-corrected chi connectivity index (χ4v) is 4.02. The summed E-state index contributed by atoms with van der Waals surface area (Å²) in [6.45, 7) is 7.41. The van der Waals surface area contributed by atoms with Crippen molar-refractivity contribution in [3.8, 4) is 5.75 Å². The van der Waals surface area contributed by atoms with Gasteiger partial charge in [-0.1, -0.05) is 12.1 Å². The van der Waals surface area contributed by atoms with Gasteiger partial charge in [-0.15, -0.1) is 0 Å². The lowest BCUT2D eigenvalue weighted by molar-refractivity contribution is -0.120. The molecule has 1 unspecified atom stereocenters. The highest BCUT2D eigenvalue weighted by Gasteiger charge is 2.24. The topological polar surface area (TPSA) is 93.9 Å². The van der Waals surface area contributed by atoms with E-state index >= 15 is 0 Å². The van der Waals surface area contributed by atoms with Crippen molar-refractivity contribution >= 4 is 11.7 Å². The molecule has 0 aliphatic carbocycles. The van der Waals surface area contributed by atoms with Crippen molar-refractivity contribution in [2.75, 3.05) is 40.0 Å². The first kappa shape index (κ1) is 21.2. The van der Waals surface area contributed by atoms with Gasteiger partial charge < -0.3 is 14.8 Å².